The van der Waals surface area contributed by atoms with Gasteiger partial charge in [0.25, 0.3) is 0 Å². The van der Waals surface area contributed by atoms with Gasteiger partial charge in [-0.25, -0.2) is 28.3 Å². The number of ether oxygens (including phenoxy) is 2. The topological polar surface area (TPSA) is 175 Å². The second-order valence-corrected chi connectivity index (χ2v) is 22.3. The molecule has 2 aliphatic carbocycles. The van der Waals surface area contributed by atoms with Gasteiger partial charge >= 0.3 is 12.2 Å². The third kappa shape index (κ3) is 7.89. The van der Waals surface area contributed by atoms with Gasteiger partial charge in [-0.05, 0) is 78.3 Å². The molecule has 4 fully saturated rings. The minimum atomic E-state index is -1.83. The lowest BCUT2D eigenvalue weighted by Gasteiger charge is -2.40. The Bertz CT molecular complexity index is 2610. The molecule has 4 aliphatic rings. The molecule has 2 bridgehead atoms. The zero-order chi connectivity index (χ0) is 45.4. The van der Waals surface area contributed by atoms with Gasteiger partial charge in [-0.2, -0.15) is 0 Å². The number of carbonyl (C=O) groups is 4. The van der Waals surface area contributed by atoms with Crippen LogP contribution in [0.2, 0.25) is 12.6 Å². The lowest BCUT2D eigenvalue weighted by molar-refractivity contribution is -0.143. The van der Waals surface area contributed by atoms with Crippen LogP contribution >= 0.6 is 0 Å². The predicted molar refractivity (Wildman–Crippen MR) is 240 cm³/mol. The van der Waals surface area contributed by atoms with E-state index < -0.39 is 74.9 Å². The fraction of sp³-hybridized carbons (Fsp3) is 0.489. The highest BCUT2D eigenvalue weighted by Crippen LogP contribution is 2.53. The van der Waals surface area contributed by atoms with Crippen LogP contribution in [0.25, 0.3) is 44.2 Å². The molecule has 2 unspecified atom stereocenters. The minimum absolute atomic E-state index is 0.128. The molecule has 338 valence electrons. The number of alkyl carbamates (subject to hydrolysis) is 2. The Hall–Kier alpha value is -5.84. The second kappa shape index (κ2) is 16.6. The summed E-state index contributed by atoms with van der Waals surface area (Å²) in [5, 5.41) is 7.46. The summed E-state index contributed by atoms with van der Waals surface area (Å²) in [5.74, 6) is -0.760. The van der Waals surface area contributed by atoms with Crippen molar-refractivity contribution in [2.45, 2.75) is 115 Å². The number of carbonyl (C=O) groups excluding carboxylic acids is 4. The largest absolute Gasteiger partial charge is 0.453 e. The monoisotopic (exact) mass is 894 g/mol. The molecule has 9 rings (SSSR count). The zero-order valence-corrected chi connectivity index (χ0v) is 38.3. The van der Waals surface area contributed by atoms with E-state index in [2.05, 4.69) is 50.3 Å². The summed E-state index contributed by atoms with van der Waals surface area (Å²) in [6, 6.07) is 15.4. The molecule has 4 amide bonds. The summed E-state index contributed by atoms with van der Waals surface area (Å²) in [6.45, 7) is 11.5. The van der Waals surface area contributed by atoms with E-state index in [9.17, 15) is 19.2 Å². The number of imidazole rings is 2. The van der Waals surface area contributed by atoms with E-state index in [1.807, 2.05) is 62.1 Å². The summed E-state index contributed by atoms with van der Waals surface area (Å²) in [4.78, 5) is 72.8. The molecule has 5 aromatic rings. The summed E-state index contributed by atoms with van der Waals surface area (Å²) in [6.07, 6.45) is -0.912. The summed E-state index contributed by atoms with van der Waals surface area (Å²) in [7, 11) is 0.0309. The number of fused-ring (bicyclic) bond motifs is 5. The van der Waals surface area contributed by atoms with Gasteiger partial charge in [0.15, 0.2) is 6.17 Å². The van der Waals surface area contributed by atoms with Crippen LogP contribution in [0.5, 0.6) is 0 Å². The molecule has 0 radical (unpaired) electrons. The van der Waals surface area contributed by atoms with Crippen molar-refractivity contribution >= 4 is 54.6 Å². The average molecular weight is 895 g/mol. The van der Waals surface area contributed by atoms with Crippen molar-refractivity contribution < 1.29 is 37.4 Å². The fourth-order valence-electron chi connectivity index (χ4n) is 10.0. The molecule has 2 saturated heterocycles. The number of halogens is 2. The molecule has 64 heavy (non-hydrogen) atoms. The van der Waals surface area contributed by atoms with Gasteiger partial charge in [-0.3, -0.25) is 9.59 Å². The third-order valence-electron chi connectivity index (χ3n) is 13.8. The Kier molecular flexibility index (Phi) is 11.3. The molecular weight excluding hydrogens is 839 g/mol. The number of aromatic nitrogens is 4. The highest BCUT2D eigenvalue weighted by molar-refractivity contribution is 6.58. The van der Waals surface area contributed by atoms with E-state index in [4.69, 9.17) is 14.5 Å². The average Bonchev–Trinajstić information content (AvgIpc) is 3.86. The van der Waals surface area contributed by atoms with Crippen LogP contribution in [0, 0.1) is 17.8 Å². The molecule has 2 aromatic heterocycles. The number of likely N-dealkylation sites (tertiary alicyclic amines) is 1. The molecular formula is C47H56F2N8O6Si. The van der Waals surface area contributed by atoms with Crippen LogP contribution in [0.15, 0.2) is 60.8 Å². The third-order valence-corrected chi connectivity index (χ3v) is 16.1. The maximum absolute atomic E-state index is 15.4. The van der Waals surface area contributed by atoms with E-state index in [0.29, 0.717) is 17.7 Å². The molecule has 2 saturated carbocycles. The van der Waals surface area contributed by atoms with Crippen LogP contribution in [0.4, 0.5) is 18.4 Å². The van der Waals surface area contributed by atoms with Crippen molar-refractivity contribution in [3.63, 3.8) is 0 Å². The minimum Gasteiger partial charge on any atom is -0.453 e. The van der Waals surface area contributed by atoms with Gasteiger partial charge in [0.1, 0.15) is 35.5 Å². The van der Waals surface area contributed by atoms with Crippen molar-refractivity contribution in [1.29, 1.82) is 0 Å². The van der Waals surface area contributed by atoms with Crippen LogP contribution in [-0.4, -0.2) is 112 Å². The molecule has 0 spiro atoms. The summed E-state index contributed by atoms with van der Waals surface area (Å²) >= 11 is 0. The number of benzene rings is 3. The Morgan fingerprint density at radius 3 is 2.22 bits per heavy atom. The number of aromatic amines is 2. The SMILES string of the molecule is COC(=O)N[C@H](C(=O)N1C[SiH](C)C[C@H]1c1nc2ccc3cc(-c4ccc(-c5cnc([C@@H]6[C@@H]7C[C@@H]([C@@H](F)C7F)N6C(=O)[C@@H](NC(=O)OC6(C)CC6)C(C)C)[nH]5)cc4)ccc3c2[nH]1)C(C)C. The van der Waals surface area contributed by atoms with Crippen molar-refractivity contribution in [1.82, 2.24) is 40.4 Å². The van der Waals surface area contributed by atoms with E-state index in [0.717, 1.165) is 63.2 Å². The van der Waals surface area contributed by atoms with Crippen LogP contribution < -0.4 is 10.6 Å². The quantitative estimate of drug-likeness (QED) is 0.0977. The summed E-state index contributed by atoms with van der Waals surface area (Å²) < 4.78 is 41.0. The Balaban J connectivity index is 0.929. The number of amides is 4. The molecule has 14 nitrogen and oxygen atoms in total. The zero-order valence-electron chi connectivity index (χ0n) is 37.2. The molecule has 4 N–H and O–H groups in total. The Morgan fingerprint density at radius 1 is 0.859 bits per heavy atom. The lowest BCUT2D eigenvalue weighted by Crippen LogP contribution is -2.57. The van der Waals surface area contributed by atoms with Gasteiger partial charge < -0.3 is 39.9 Å². The standard InChI is InChI=1S/C47H56F2N8O6Si/c1-23(2)37(54-45(60)62-6)43(58)56-22-64(7)21-34(56)41-51-31-15-13-28-18-27(12-14-29(28)39(31)53-41)25-8-10-26(11-9-25)32-20-50-42(52-32)40-30-19-33(36(49)35(30)48)57(40)44(59)38(24(3)4)55-46(61)63-47(5)16-17-47/h8-15,18,20,23-24,30,33-38,40,64H,16-17,19,21-22H2,1-7H3,(H,50,52)(H,51,53)(H,54,60)(H,55,61)/t30-,33+,34+,35?,36-,37+,38+,40+,64?/m1/s1. The maximum Gasteiger partial charge on any atom is 0.408 e. The molecule has 9 atom stereocenters. The number of H-pyrrole nitrogens is 2. The van der Waals surface area contributed by atoms with E-state index in [1.165, 1.54) is 12.0 Å². The Morgan fingerprint density at radius 2 is 1.53 bits per heavy atom. The van der Waals surface area contributed by atoms with Crippen molar-refractivity contribution in [3.8, 4) is 22.4 Å². The number of piperidine rings is 1. The number of rotatable bonds is 11. The first-order valence-corrected chi connectivity index (χ1v) is 25.2. The number of alkyl halides is 2. The van der Waals surface area contributed by atoms with E-state index in [1.54, 1.807) is 20.0 Å². The van der Waals surface area contributed by atoms with Gasteiger partial charge in [0.2, 0.25) is 11.8 Å². The highest BCUT2D eigenvalue weighted by Gasteiger charge is 2.62. The summed E-state index contributed by atoms with van der Waals surface area (Å²) in [5.41, 5.74) is 4.64. The van der Waals surface area contributed by atoms with Gasteiger partial charge in [-0.15, -0.1) is 0 Å². The molecule has 2 aliphatic heterocycles. The van der Waals surface area contributed by atoms with E-state index in [-0.39, 0.29) is 30.2 Å². The number of nitrogens with one attached hydrogen (secondary N) is 4. The Labute approximate surface area is 371 Å². The van der Waals surface area contributed by atoms with E-state index >= 15 is 8.78 Å². The molecule has 4 heterocycles. The second-order valence-electron chi connectivity index (χ2n) is 19.2. The first-order chi connectivity index (χ1) is 30.5. The molecule has 3 aromatic carbocycles. The van der Waals surface area contributed by atoms with Gasteiger partial charge in [0, 0.05) is 17.5 Å². The molecule has 17 heteroatoms. The normalized spacial score (nSPS) is 25.6. The number of hydrogen-bond donors (Lipinski definition) is 4. The van der Waals surface area contributed by atoms with Crippen molar-refractivity contribution in [2.75, 3.05) is 13.3 Å². The lowest BCUT2D eigenvalue weighted by atomic mass is 9.93. The first-order valence-electron chi connectivity index (χ1n) is 22.4. The van der Waals surface area contributed by atoms with Crippen molar-refractivity contribution in [2.24, 2.45) is 17.8 Å². The highest BCUT2D eigenvalue weighted by atomic mass is 28.3. The number of hydrogen-bond acceptors (Lipinski definition) is 8. The van der Waals surface area contributed by atoms with Crippen LogP contribution in [0.3, 0.4) is 0 Å². The van der Waals surface area contributed by atoms with Crippen molar-refractivity contribution in [3.05, 3.63) is 72.4 Å². The van der Waals surface area contributed by atoms with Crippen LogP contribution in [0.1, 0.15) is 77.6 Å². The smallest absolute Gasteiger partial charge is 0.408 e. The predicted octanol–water partition coefficient (Wildman–Crippen LogP) is 7.68. The number of nitrogens with zero attached hydrogens (tertiary/aromatic N) is 4. The first kappa shape index (κ1) is 43.4. The van der Waals surface area contributed by atoms with Gasteiger partial charge in [-0.1, -0.05) is 76.7 Å². The van der Waals surface area contributed by atoms with Crippen LogP contribution in [-0.2, 0) is 19.1 Å². The van der Waals surface area contributed by atoms with Gasteiger partial charge in [0.05, 0.1) is 57.0 Å². The maximum atomic E-state index is 15.4. The fourth-order valence-corrected chi connectivity index (χ4v) is 12.5. The number of methoxy groups -OCH3 is 1.